The van der Waals surface area contributed by atoms with Gasteiger partial charge in [0.1, 0.15) is 5.60 Å². The minimum atomic E-state index is -0.620. The second kappa shape index (κ2) is 5.36. The van der Waals surface area contributed by atoms with E-state index in [4.69, 9.17) is 4.74 Å². The van der Waals surface area contributed by atoms with Gasteiger partial charge >= 0.3 is 6.16 Å². The Morgan fingerprint density at radius 3 is 1.92 bits per heavy atom. The third kappa shape index (κ3) is 2.98. The first kappa shape index (κ1) is 11.7. The van der Waals surface area contributed by atoms with Crippen LogP contribution in [0.1, 0.15) is 40.0 Å². The zero-order valence-electron chi connectivity index (χ0n) is 7.92. The van der Waals surface area contributed by atoms with Gasteiger partial charge in [-0.1, -0.05) is 20.8 Å². The summed E-state index contributed by atoms with van der Waals surface area (Å²) in [4.78, 5) is 10.8. The molecule has 0 aliphatic heterocycles. The summed E-state index contributed by atoms with van der Waals surface area (Å²) in [6.45, 7) is 6.01. The van der Waals surface area contributed by atoms with Crippen LogP contribution in [0.3, 0.4) is 0 Å². The fraction of sp³-hybridized carbons (Fsp3) is 0.875. The lowest BCUT2D eigenvalue weighted by atomic mass is 9.94. The van der Waals surface area contributed by atoms with Gasteiger partial charge in [0.25, 0.3) is 0 Å². The third-order valence-electron chi connectivity index (χ3n) is 2.33. The second-order valence-corrected chi connectivity index (χ2v) is 2.95. The van der Waals surface area contributed by atoms with E-state index >= 15 is 0 Å². The molecule has 72 valence electrons. The van der Waals surface area contributed by atoms with Gasteiger partial charge in [0, 0.05) is 0 Å². The van der Waals surface area contributed by atoms with Gasteiger partial charge in [-0.2, -0.15) is 0 Å². The summed E-state index contributed by atoms with van der Waals surface area (Å²) in [5, 5.41) is 0. The van der Waals surface area contributed by atoms with Crippen LogP contribution in [0.15, 0.2) is 0 Å². The van der Waals surface area contributed by atoms with Crippen molar-refractivity contribution in [2.45, 2.75) is 45.6 Å². The summed E-state index contributed by atoms with van der Waals surface area (Å²) in [6.07, 6.45) is 1.84. The number of hydrogen-bond acceptors (Lipinski definition) is 3. The van der Waals surface area contributed by atoms with E-state index in [0.717, 1.165) is 19.3 Å². The van der Waals surface area contributed by atoms with E-state index in [-0.39, 0.29) is 5.60 Å². The molecule has 3 nitrogen and oxygen atoms in total. The van der Waals surface area contributed by atoms with Crippen molar-refractivity contribution in [2.24, 2.45) is 0 Å². The normalized spacial score (nSPS) is 11.0. The van der Waals surface area contributed by atoms with E-state index in [9.17, 15) is 4.79 Å². The molecule has 0 aliphatic rings. The molecule has 0 aromatic heterocycles. The Kier molecular flexibility index (Phi) is 5.23. The molecule has 0 fully saturated rings. The number of hydrogen-bond donors (Lipinski definition) is 0. The smallest absolute Gasteiger partial charge is 0.428 e. The molecule has 4 heteroatoms. The number of ether oxygens (including phenoxy) is 1. The van der Waals surface area contributed by atoms with Crippen molar-refractivity contribution < 1.29 is 14.1 Å². The number of carbonyl (C=O) groups is 1. The highest BCUT2D eigenvalue weighted by Gasteiger charge is 2.28. The van der Waals surface area contributed by atoms with E-state index in [1.54, 1.807) is 0 Å². The predicted octanol–water partition coefficient (Wildman–Crippen LogP) is 2.90. The Bertz CT molecular complexity index is 135. The van der Waals surface area contributed by atoms with Gasteiger partial charge in [-0.05, 0) is 19.3 Å². The summed E-state index contributed by atoms with van der Waals surface area (Å²) in [6, 6.07) is 0. The van der Waals surface area contributed by atoms with E-state index in [1.165, 1.54) is 0 Å². The van der Waals surface area contributed by atoms with Crippen LogP contribution in [0, 0.1) is 0 Å². The fourth-order valence-electron chi connectivity index (χ4n) is 1.17. The number of carbonyl (C=O) groups excluding carboxylic acids is 1. The molecule has 0 saturated carbocycles. The Morgan fingerprint density at radius 2 is 1.67 bits per heavy atom. The van der Waals surface area contributed by atoms with Crippen molar-refractivity contribution >= 4 is 15.6 Å². The van der Waals surface area contributed by atoms with Crippen molar-refractivity contribution in [3.8, 4) is 0 Å². The van der Waals surface area contributed by atoms with Crippen LogP contribution >= 0.6 is 9.47 Å². The van der Waals surface area contributed by atoms with Crippen LogP contribution in [0.4, 0.5) is 4.79 Å². The Labute approximate surface area is 76.1 Å². The van der Waals surface area contributed by atoms with Crippen LogP contribution < -0.4 is 0 Å². The maximum Gasteiger partial charge on any atom is 0.511 e. The van der Waals surface area contributed by atoms with Crippen molar-refractivity contribution in [3.63, 3.8) is 0 Å². The third-order valence-corrected chi connectivity index (χ3v) is 2.52. The molecule has 12 heavy (non-hydrogen) atoms. The second-order valence-electron chi connectivity index (χ2n) is 2.71. The summed E-state index contributed by atoms with van der Waals surface area (Å²) in [7, 11) is 1.88. The van der Waals surface area contributed by atoms with E-state index < -0.39 is 6.16 Å². The molecule has 0 amide bonds. The monoisotopic (exact) mass is 192 g/mol. The quantitative estimate of drug-likeness (QED) is 0.507. The standard InChI is InChI=1S/C8H17O3P/c1-4-8(5-2,6-3)10-7(9)11-12/h4-6,12H2,1-3H3. The van der Waals surface area contributed by atoms with Crippen LogP contribution in [0.25, 0.3) is 0 Å². The van der Waals surface area contributed by atoms with Crippen molar-refractivity contribution in [1.82, 2.24) is 0 Å². The van der Waals surface area contributed by atoms with Gasteiger partial charge in [0.05, 0.1) is 9.47 Å². The largest absolute Gasteiger partial charge is 0.511 e. The first-order valence-electron chi connectivity index (χ1n) is 4.23. The van der Waals surface area contributed by atoms with Crippen LogP contribution in [0.2, 0.25) is 0 Å². The highest BCUT2D eigenvalue weighted by atomic mass is 31.0. The average molecular weight is 192 g/mol. The molecule has 0 bridgehead atoms. The topological polar surface area (TPSA) is 35.5 Å². The number of rotatable bonds is 4. The first-order chi connectivity index (χ1) is 5.64. The zero-order chi connectivity index (χ0) is 9.61. The molecule has 1 atom stereocenters. The van der Waals surface area contributed by atoms with Gasteiger partial charge < -0.3 is 9.26 Å². The molecule has 0 N–H and O–H groups in total. The average Bonchev–Trinajstić information content (AvgIpc) is 2.14. The van der Waals surface area contributed by atoms with Crippen molar-refractivity contribution in [1.29, 1.82) is 0 Å². The highest BCUT2D eigenvalue weighted by molar-refractivity contribution is 7.10. The van der Waals surface area contributed by atoms with Gasteiger partial charge in [-0.15, -0.1) is 0 Å². The molecule has 0 saturated heterocycles. The Morgan fingerprint density at radius 1 is 1.25 bits per heavy atom. The van der Waals surface area contributed by atoms with Gasteiger partial charge in [0.15, 0.2) is 0 Å². The van der Waals surface area contributed by atoms with Gasteiger partial charge in [-0.3, -0.25) is 0 Å². The van der Waals surface area contributed by atoms with Crippen molar-refractivity contribution in [3.05, 3.63) is 0 Å². The van der Waals surface area contributed by atoms with E-state index in [0.29, 0.717) is 0 Å². The van der Waals surface area contributed by atoms with Gasteiger partial charge in [0.2, 0.25) is 0 Å². The van der Waals surface area contributed by atoms with Crippen LogP contribution in [-0.2, 0) is 9.26 Å². The fourth-order valence-corrected chi connectivity index (χ4v) is 1.22. The van der Waals surface area contributed by atoms with E-state index in [1.807, 2.05) is 30.2 Å². The minimum Gasteiger partial charge on any atom is -0.428 e. The summed E-state index contributed by atoms with van der Waals surface area (Å²) < 4.78 is 9.52. The molecule has 0 spiro atoms. The van der Waals surface area contributed by atoms with Crippen LogP contribution in [-0.4, -0.2) is 11.8 Å². The lowest BCUT2D eigenvalue weighted by Crippen LogP contribution is -2.32. The first-order valence-corrected chi connectivity index (χ1v) is 4.71. The van der Waals surface area contributed by atoms with E-state index in [2.05, 4.69) is 4.52 Å². The minimum absolute atomic E-state index is 0.340. The molecule has 0 aromatic carbocycles. The molecule has 1 unspecified atom stereocenters. The Balaban J connectivity index is 4.19. The highest BCUT2D eigenvalue weighted by Crippen LogP contribution is 2.25. The SMILES string of the molecule is CCC(CC)(CC)OC(=O)OP. The zero-order valence-corrected chi connectivity index (χ0v) is 9.08. The summed E-state index contributed by atoms with van der Waals surface area (Å²) in [5.74, 6) is 0. The molecular weight excluding hydrogens is 175 g/mol. The Hall–Kier alpha value is -0.300. The molecule has 0 heterocycles. The summed E-state index contributed by atoms with van der Waals surface area (Å²) in [5.41, 5.74) is -0.340. The maximum atomic E-state index is 10.8. The molecule has 0 aromatic rings. The molecular formula is C8H17O3P. The van der Waals surface area contributed by atoms with Gasteiger partial charge in [-0.25, -0.2) is 4.79 Å². The predicted molar refractivity (Wildman–Crippen MR) is 50.9 cm³/mol. The molecule has 0 radical (unpaired) electrons. The molecule has 0 aliphatic carbocycles. The lowest BCUT2D eigenvalue weighted by molar-refractivity contribution is -0.0195. The van der Waals surface area contributed by atoms with Crippen molar-refractivity contribution in [2.75, 3.05) is 0 Å². The van der Waals surface area contributed by atoms with Crippen LogP contribution in [0.5, 0.6) is 0 Å². The maximum absolute atomic E-state index is 10.8. The lowest BCUT2D eigenvalue weighted by Gasteiger charge is -2.29. The molecule has 0 rings (SSSR count). The summed E-state index contributed by atoms with van der Waals surface area (Å²) >= 11 is 0.